The summed E-state index contributed by atoms with van der Waals surface area (Å²) in [6, 6.07) is -7.97. The van der Waals surface area contributed by atoms with Gasteiger partial charge in [-0.1, -0.05) is 0 Å². The lowest BCUT2D eigenvalue weighted by Crippen LogP contribution is -2.73. The third-order valence-electron chi connectivity index (χ3n) is 4.09. The van der Waals surface area contributed by atoms with Gasteiger partial charge >= 0.3 is 47.3 Å². The zero-order valence-electron chi connectivity index (χ0n) is 17.0. The van der Waals surface area contributed by atoms with E-state index in [0.29, 0.717) is 6.92 Å². The van der Waals surface area contributed by atoms with Gasteiger partial charge in [-0.05, 0) is 6.42 Å². The fourth-order valence-corrected chi connectivity index (χ4v) is 3.46. The Hall–Kier alpha value is -1.88. The van der Waals surface area contributed by atoms with Crippen LogP contribution < -0.4 is 5.32 Å². The molecule has 0 aromatic heterocycles. The topological polar surface area (TPSA) is 66.5 Å². The normalized spacial score (nSPS) is 15.8. The van der Waals surface area contributed by atoms with Crippen molar-refractivity contribution in [2.75, 3.05) is 13.1 Å². The molecule has 5 nitrogen and oxygen atoms in total. The zero-order valence-corrected chi connectivity index (χ0v) is 17.8. The maximum atomic E-state index is 14.2. The molecule has 24 heteroatoms. The largest absolute Gasteiger partial charge is 0.470 e. The van der Waals surface area contributed by atoms with Gasteiger partial charge in [-0.3, -0.25) is 4.79 Å². The fourth-order valence-electron chi connectivity index (χ4n) is 2.10. The van der Waals surface area contributed by atoms with E-state index >= 15 is 0 Å². The fraction of sp³-hybridized carbons (Fsp3) is 0.923. The molecule has 0 atom stereocenters. The quantitative estimate of drug-likeness (QED) is 0.202. The minimum atomic E-state index is -8.68. The van der Waals surface area contributed by atoms with Crippen LogP contribution in [0.1, 0.15) is 13.3 Å². The number of hydrogen-bond acceptors (Lipinski definition) is 3. The maximum absolute atomic E-state index is 14.2. The summed E-state index contributed by atoms with van der Waals surface area (Å²) < 4.78 is 256. The van der Waals surface area contributed by atoms with Crippen LogP contribution in [0.2, 0.25) is 0 Å². The van der Waals surface area contributed by atoms with Gasteiger partial charge in [0.15, 0.2) is 0 Å². The first-order valence-electron chi connectivity index (χ1n) is 8.47. The van der Waals surface area contributed by atoms with Crippen molar-refractivity contribution in [1.82, 2.24) is 9.62 Å². The molecule has 0 unspecified atom stereocenters. The zero-order chi connectivity index (χ0) is 30.5. The summed E-state index contributed by atoms with van der Waals surface area (Å²) >= 11 is 0. The number of nitrogens with zero attached hydrogens (tertiary/aromatic N) is 1. The molecule has 0 spiro atoms. The molecular formula is C13H10F18N2O3S. The van der Waals surface area contributed by atoms with Crippen LogP contribution in [-0.2, 0) is 14.8 Å². The third-order valence-corrected chi connectivity index (χ3v) is 5.96. The van der Waals surface area contributed by atoms with Crippen molar-refractivity contribution < 1.29 is 92.2 Å². The first kappa shape index (κ1) is 35.1. The van der Waals surface area contributed by atoms with Crippen LogP contribution in [0.3, 0.4) is 0 Å². The van der Waals surface area contributed by atoms with Crippen molar-refractivity contribution in [1.29, 1.82) is 0 Å². The second-order valence-electron chi connectivity index (χ2n) is 6.76. The van der Waals surface area contributed by atoms with E-state index in [-0.39, 0.29) is 0 Å². The highest BCUT2D eigenvalue weighted by atomic mass is 32.2. The number of alkyl halides is 18. The monoisotopic (exact) mass is 616 g/mol. The van der Waals surface area contributed by atoms with Crippen molar-refractivity contribution in [3.05, 3.63) is 0 Å². The highest BCUT2D eigenvalue weighted by molar-refractivity contribution is 7.90. The second-order valence-corrected chi connectivity index (χ2v) is 8.67. The van der Waals surface area contributed by atoms with E-state index in [4.69, 9.17) is 0 Å². The Kier molecular flexibility index (Phi) is 9.21. The Balaban J connectivity index is 7.11. The van der Waals surface area contributed by atoms with E-state index in [0.717, 1.165) is 0 Å². The number of hydrogen-bond donors (Lipinski definition) is 1. The number of carbonyl (C=O) groups is 1. The van der Waals surface area contributed by atoms with E-state index < -0.39 is 87.1 Å². The van der Waals surface area contributed by atoms with Crippen molar-refractivity contribution in [2.24, 2.45) is 0 Å². The van der Waals surface area contributed by atoms with Crippen LogP contribution in [0.5, 0.6) is 0 Å². The molecule has 0 bridgehead atoms. The lowest BCUT2D eigenvalue weighted by Gasteiger charge is -2.42. The predicted octanol–water partition coefficient (Wildman–Crippen LogP) is 5.00. The average Bonchev–Trinajstić information content (AvgIpc) is 2.64. The third kappa shape index (κ3) is 5.48. The van der Waals surface area contributed by atoms with Crippen LogP contribution in [0, 0.1) is 0 Å². The molecule has 0 fully saturated rings. The number of sulfonamides is 1. The first-order chi connectivity index (χ1) is 15.8. The molecule has 0 aromatic carbocycles. The molecule has 1 amide bonds. The van der Waals surface area contributed by atoms with Crippen molar-refractivity contribution in [3.8, 4) is 0 Å². The molecule has 0 radical (unpaired) electrons. The summed E-state index contributed by atoms with van der Waals surface area (Å²) in [4.78, 5) is 10.6. The van der Waals surface area contributed by atoms with E-state index in [1.807, 2.05) is 0 Å². The Morgan fingerprint density at radius 3 is 1.35 bits per heavy atom. The van der Waals surface area contributed by atoms with Gasteiger partial charge in [-0.2, -0.15) is 79.0 Å². The molecule has 0 saturated carbocycles. The van der Waals surface area contributed by atoms with Crippen LogP contribution in [0.25, 0.3) is 0 Å². The second kappa shape index (κ2) is 9.70. The van der Waals surface area contributed by atoms with Crippen LogP contribution in [0.15, 0.2) is 0 Å². The highest BCUT2D eigenvalue weighted by Crippen LogP contribution is 2.61. The van der Waals surface area contributed by atoms with Crippen molar-refractivity contribution >= 4 is 15.9 Å². The standard InChI is InChI=1S/C13H10F18N2O3S/c1-5(34)32-3-2-4-33(37(35,36)13(30,31)11(25,26)27)12(28,29)9(20,21)7(16,17)6(14,15)8(18,19)10(22,23)24/h2-4H2,1H3,(H,32,34). The number of carbonyl (C=O) groups excluding carboxylic acids is 1. The first-order valence-corrected chi connectivity index (χ1v) is 9.91. The summed E-state index contributed by atoms with van der Waals surface area (Å²) in [5.74, 6) is -35.2. The van der Waals surface area contributed by atoms with Gasteiger partial charge in [-0.25, -0.2) is 8.42 Å². The lowest BCUT2D eigenvalue weighted by molar-refractivity contribution is -0.447. The molecule has 0 saturated heterocycles. The minimum Gasteiger partial charge on any atom is -0.356 e. The van der Waals surface area contributed by atoms with Crippen LogP contribution >= 0.6 is 0 Å². The molecular weight excluding hydrogens is 606 g/mol. The van der Waals surface area contributed by atoms with Crippen LogP contribution in [-0.4, -0.2) is 79.1 Å². The van der Waals surface area contributed by atoms with Gasteiger partial charge in [-0.15, -0.1) is 4.31 Å². The molecule has 37 heavy (non-hydrogen) atoms. The highest BCUT2D eigenvalue weighted by Gasteiger charge is 2.92. The molecule has 0 heterocycles. The minimum absolute atomic E-state index is 0.610. The molecule has 1 N–H and O–H groups in total. The molecule has 0 aliphatic heterocycles. The van der Waals surface area contributed by atoms with Gasteiger partial charge in [0.1, 0.15) is 0 Å². The Morgan fingerprint density at radius 1 is 0.649 bits per heavy atom. The SMILES string of the molecule is CC(=O)NCCCN(C(F)(F)C(F)(F)C(F)(F)C(F)(F)C(F)(F)C(F)(F)F)S(=O)(=O)C(F)(F)C(F)(F)F. The van der Waals surface area contributed by atoms with Gasteiger partial charge in [0, 0.05) is 20.0 Å². The Morgan fingerprint density at radius 2 is 1.03 bits per heavy atom. The van der Waals surface area contributed by atoms with Gasteiger partial charge < -0.3 is 5.32 Å². The molecule has 0 aliphatic rings. The molecule has 222 valence electrons. The smallest absolute Gasteiger partial charge is 0.356 e. The van der Waals surface area contributed by atoms with Gasteiger partial charge in [0.05, 0.1) is 0 Å². The Bertz CT molecular complexity index is 939. The Labute approximate surface area is 192 Å². The van der Waals surface area contributed by atoms with Gasteiger partial charge in [0.25, 0.3) is 10.0 Å². The number of nitrogens with one attached hydrogen (secondary N) is 1. The summed E-state index contributed by atoms with van der Waals surface area (Å²) in [6.45, 7) is -3.51. The molecule has 0 aromatic rings. The maximum Gasteiger partial charge on any atom is 0.470 e. The number of amides is 1. The van der Waals surface area contributed by atoms with Crippen molar-refractivity contribution in [2.45, 2.75) is 60.7 Å². The summed E-state index contributed by atoms with van der Waals surface area (Å²) in [5.41, 5.74) is 0. The lowest BCUT2D eigenvalue weighted by atomic mass is 9.96. The van der Waals surface area contributed by atoms with Crippen LogP contribution in [0.4, 0.5) is 79.0 Å². The summed E-state index contributed by atoms with van der Waals surface area (Å²) in [7, 11) is -8.43. The number of rotatable bonds is 11. The van der Waals surface area contributed by atoms with E-state index in [9.17, 15) is 92.2 Å². The average molecular weight is 616 g/mol. The van der Waals surface area contributed by atoms with E-state index in [1.54, 1.807) is 0 Å². The van der Waals surface area contributed by atoms with Gasteiger partial charge in [0.2, 0.25) is 5.91 Å². The molecule has 0 aliphatic carbocycles. The molecule has 0 rings (SSSR count). The number of halogens is 18. The predicted molar refractivity (Wildman–Crippen MR) is 80.7 cm³/mol. The van der Waals surface area contributed by atoms with E-state index in [1.165, 1.54) is 5.32 Å². The van der Waals surface area contributed by atoms with E-state index in [2.05, 4.69) is 0 Å². The summed E-state index contributed by atoms with van der Waals surface area (Å²) in [6.07, 6.45) is -17.1. The summed E-state index contributed by atoms with van der Waals surface area (Å²) in [5, 5.41) is -6.06. The van der Waals surface area contributed by atoms with Crippen molar-refractivity contribution in [3.63, 3.8) is 0 Å².